The van der Waals surface area contributed by atoms with Crippen LogP contribution in [0.1, 0.15) is 33.4 Å². The zero-order valence-corrected chi connectivity index (χ0v) is 23.3. The van der Waals surface area contributed by atoms with Gasteiger partial charge in [-0.05, 0) is 67.1 Å². The summed E-state index contributed by atoms with van der Waals surface area (Å²) in [5.74, 6) is 0.701. The van der Waals surface area contributed by atoms with E-state index in [0.29, 0.717) is 28.1 Å². The van der Waals surface area contributed by atoms with Gasteiger partial charge in [-0.15, -0.1) is 0 Å². The Morgan fingerprint density at radius 1 is 0.737 bits per heavy atom. The van der Waals surface area contributed by atoms with Gasteiger partial charge in [0.15, 0.2) is 5.75 Å². The Labute approximate surface area is 233 Å². The first-order valence-corrected chi connectivity index (χ1v) is 12.7. The Kier molecular flexibility index (Phi) is 9.99. The number of anilines is 1. The monoisotopic (exact) mass is 552 g/mol. The topological polar surface area (TPSA) is 87.6 Å². The molecule has 0 aliphatic rings. The Morgan fingerprint density at radius 3 is 1.63 bits per heavy atom. The summed E-state index contributed by atoms with van der Waals surface area (Å²) in [6, 6.07) is 22.8. The number of halogens is 2. The molecule has 2 N–H and O–H groups in total. The molecule has 0 heterocycles. The van der Waals surface area contributed by atoms with Crippen LogP contribution in [0.15, 0.2) is 72.8 Å². The Morgan fingerprint density at radius 2 is 1.16 bits per heavy atom. The lowest BCUT2D eigenvalue weighted by molar-refractivity contribution is -0.386. The van der Waals surface area contributed by atoms with Gasteiger partial charge in [-0.25, -0.2) is 0 Å². The van der Waals surface area contributed by atoms with Gasteiger partial charge in [-0.2, -0.15) is 0 Å². The summed E-state index contributed by atoms with van der Waals surface area (Å²) in [5, 5.41) is 12.0. The summed E-state index contributed by atoms with van der Waals surface area (Å²) in [6.45, 7) is 8.26. The normalized spacial score (nSPS) is 10.4. The van der Waals surface area contributed by atoms with E-state index in [9.17, 15) is 10.1 Å². The first-order chi connectivity index (χ1) is 18.1. The fourth-order valence-corrected chi connectivity index (χ4v) is 4.20. The highest BCUT2D eigenvalue weighted by Gasteiger charge is 2.22. The van der Waals surface area contributed by atoms with Crippen molar-refractivity contribution in [1.29, 1.82) is 0 Å². The van der Waals surface area contributed by atoms with Gasteiger partial charge in [0.2, 0.25) is 5.75 Å². The SMILES string of the molecule is Cc1cc(N)c(OCc2ccccc2)c(Cl)c1C.Cc1cc([N+](=O)[O-])c(OCc2ccccc2)c(Cl)c1C. The van der Waals surface area contributed by atoms with E-state index in [0.717, 1.165) is 33.4 Å². The van der Waals surface area contributed by atoms with E-state index < -0.39 is 4.92 Å². The Bertz CT molecular complexity index is 1410. The molecule has 0 radical (unpaired) electrons. The van der Waals surface area contributed by atoms with Gasteiger partial charge in [0.25, 0.3) is 0 Å². The predicted octanol–water partition coefficient (Wildman–Crippen LogP) is 8.56. The van der Waals surface area contributed by atoms with E-state index in [-0.39, 0.29) is 18.0 Å². The van der Waals surface area contributed by atoms with Crippen LogP contribution in [0.25, 0.3) is 0 Å². The second-order valence-corrected chi connectivity index (χ2v) is 9.59. The maximum atomic E-state index is 11.1. The summed E-state index contributed by atoms with van der Waals surface area (Å²) in [4.78, 5) is 10.6. The number of nitro benzene ring substituents is 1. The lowest BCUT2D eigenvalue weighted by Gasteiger charge is -2.14. The van der Waals surface area contributed by atoms with Crippen molar-refractivity contribution in [2.75, 3.05) is 5.73 Å². The van der Waals surface area contributed by atoms with E-state index in [1.807, 2.05) is 87.5 Å². The number of aryl methyl sites for hydroxylation is 2. The molecule has 0 spiro atoms. The standard InChI is InChI=1S/C15H14ClNO3.C15H16ClNO/c1-10-8-13(17(18)19)15(14(16)11(10)2)20-9-12-6-4-3-5-7-12;1-10-8-13(17)15(14(16)11(10)2)18-9-12-6-4-3-5-7-12/h3-8H,9H2,1-2H3;3-8H,9,17H2,1-2H3. The molecule has 38 heavy (non-hydrogen) atoms. The number of nitrogens with zero attached hydrogens (tertiary/aromatic N) is 1. The molecular formula is C30H30Cl2N2O4. The third kappa shape index (κ3) is 7.18. The maximum Gasteiger partial charge on any atom is 0.312 e. The molecular weight excluding hydrogens is 523 g/mol. The van der Waals surface area contributed by atoms with E-state index in [1.54, 1.807) is 6.92 Å². The van der Waals surface area contributed by atoms with Gasteiger partial charge in [0, 0.05) is 6.07 Å². The van der Waals surface area contributed by atoms with Gasteiger partial charge in [-0.3, -0.25) is 10.1 Å². The van der Waals surface area contributed by atoms with Crippen molar-refractivity contribution in [3.63, 3.8) is 0 Å². The largest absolute Gasteiger partial charge is 0.485 e. The summed E-state index contributed by atoms with van der Waals surface area (Å²) >= 11 is 12.4. The number of nitrogens with two attached hydrogens (primary N) is 1. The van der Waals surface area contributed by atoms with Crippen LogP contribution in [0.4, 0.5) is 11.4 Å². The molecule has 0 unspecified atom stereocenters. The number of hydrogen-bond acceptors (Lipinski definition) is 5. The van der Waals surface area contributed by atoms with Crippen molar-refractivity contribution >= 4 is 34.6 Å². The average molecular weight is 553 g/mol. The van der Waals surface area contributed by atoms with Crippen LogP contribution in [-0.4, -0.2) is 4.92 Å². The summed E-state index contributed by atoms with van der Waals surface area (Å²) in [7, 11) is 0. The van der Waals surface area contributed by atoms with Crippen molar-refractivity contribution in [2.45, 2.75) is 40.9 Å². The number of benzene rings is 4. The minimum absolute atomic E-state index is 0.103. The smallest absolute Gasteiger partial charge is 0.312 e. The van der Waals surface area contributed by atoms with Gasteiger partial charge >= 0.3 is 5.69 Å². The lowest BCUT2D eigenvalue weighted by Crippen LogP contribution is -2.01. The van der Waals surface area contributed by atoms with Crippen LogP contribution in [0.5, 0.6) is 11.5 Å². The molecule has 198 valence electrons. The van der Waals surface area contributed by atoms with Crippen LogP contribution in [-0.2, 0) is 13.2 Å². The number of hydrogen-bond donors (Lipinski definition) is 1. The van der Waals surface area contributed by atoms with Crippen molar-refractivity contribution in [1.82, 2.24) is 0 Å². The van der Waals surface area contributed by atoms with E-state index in [1.165, 1.54) is 6.07 Å². The number of nitrogen functional groups attached to an aromatic ring is 1. The molecule has 8 heteroatoms. The summed E-state index contributed by atoms with van der Waals surface area (Å²) in [5.41, 5.74) is 12.1. The van der Waals surface area contributed by atoms with Crippen molar-refractivity contribution in [3.05, 3.63) is 126 Å². The molecule has 0 aromatic heterocycles. The molecule has 4 aromatic carbocycles. The highest BCUT2D eigenvalue weighted by molar-refractivity contribution is 6.33. The second kappa shape index (κ2) is 13.2. The highest BCUT2D eigenvalue weighted by Crippen LogP contribution is 2.39. The van der Waals surface area contributed by atoms with E-state index in [2.05, 4.69) is 0 Å². The molecule has 6 nitrogen and oxygen atoms in total. The van der Waals surface area contributed by atoms with Crippen molar-refractivity contribution < 1.29 is 14.4 Å². The molecule has 0 aliphatic carbocycles. The van der Waals surface area contributed by atoms with Gasteiger partial charge in [-0.1, -0.05) is 83.9 Å². The fourth-order valence-electron chi connectivity index (χ4n) is 3.59. The molecule has 0 aliphatic heterocycles. The van der Waals surface area contributed by atoms with E-state index >= 15 is 0 Å². The molecule has 0 amide bonds. The lowest BCUT2D eigenvalue weighted by atomic mass is 10.1. The zero-order valence-electron chi connectivity index (χ0n) is 21.8. The van der Waals surface area contributed by atoms with Crippen LogP contribution in [0.3, 0.4) is 0 Å². The minimum Gasteiger partial charge on any atom is -0.485 e. The molecule has 0 saturated carbocycles. The number of ether oxygens (including phenoxy) is 2. The third-order valence-electron chi connectivity index (χ3n) is 6.11. The molecule has 4 rings (SSSR count). The minimum atomic E-state index is -0.474. The van der Waals surface area contributed by atoms with Crippen molar-refractivity contribution in [3.8, 4) is 11.5 Å². The van der Waals surface area contributed by atoms with Crippen molar-refractivity contribution in [2.24, 2.45) is 0 Å². The van der Waals surface area contributed by atoms with Gasteiger partial charge < -0.3 is 15.2 Å². The van der Waals surface area contributed by atoms with Crippen LogP contribution >= 0.6 is 23.2 Å². The highest BCUT2D eigenvalue weighted by atomic mass is 35.5. The Balaban J connectivity index is 0.000000212. The van der Waals surface area contributed by atoms with Gasteiger partial charge in [0.1, 0.15) is 13.2 Å². The molecule has 4 aromatic rings. The van der Waals surface area contributed by atoms with Crippen LogP contribution in [0, 0.1) is 37.8 Å². The number of nitro groups is 1. The molecule has 0 atom stereocenters. The zero-order chi connectivity index (χ0) is 27.8. The molecule has 0 saturated heterocycles. The summed E-state index contributed by atoms with van der Waals surface area (Å²) < 4.78 is 11.3. The average Bonchev–Trinajstić information content (AvgIpc) is 2.91. The maximum absolute atomic E-state index is 11.1. The number of rotatable bonds is 7. The predicted molar refractivity (Wildman–Crippen MR) is 154 cm³/mol. The Hall–Kier alpha value is -3.74. The van der Waals surface area contributed by atoms with E-state index in [4.69, 9.17) is 38.4 Å². The summed E-state index contributed by atoms with van der Waals surface area (Å²) in [6.07, 6.45) is 0. The second-order valence-electron chi connectivity index (χ2n) is 8.84. The third-order valence-corrected chi connectivity index (χ3v) is 7.02. The quantitative estimate of drug-likeness (QED) is 0.141. The van der Waals surface area contributed by atoms with Crippen LogP contribution in [0.2, 0.25) is 10.0 Å². The first kappa shape index (κ1) is 28.8. The first-order valence-electron chi connectivity index (χ1n) is 11.9. The molecule has 0 bridgehead atoms. The molecule has 0 fully saturated rings. The fraction of sp³-hybridized carbons (Fsp3) is 0.200. The van der Waals surface area contributed by atoms with Crippen LogP contribution < -0.4 is 15.2 Å². The van der Waals surface area contributed by atoms with Gasteiger partial charge in [0.05, 0.1) is 20.7 Å².